The minimum absolute atomic E-state index is 0.103. The molecule has 0 spiro atoms. The van der Waals surface area contributed by atoms with Crippen molar-refractivity contribution < 1.29 is 24.1 Å². The Morgan fingerprint density at radius 3 is 2.29 bits per heavy atom. The summed E-state index contributed by atoms with van der Waals surface area (Å²) >= 11 is 7.22. The maximum atomic E-state index is 12.1. The number of aliphatic carboxylic acids is 1. The van der Waals surface area contributed by atoms with E-state index in [9.17, 15) is 9.90 Å². The van der Waals surface area contributed by atoms with Crippen LogP contribution < -0.4 is 14.2 Å². The number of nitrogens with zero attached hydrogens (tertiary/aromatic N) is 3. The van der Waals surface area contributed by atoms with E-state index in [1.54, 1.807) is 50.6 Å². The summed E-state index contributed by atoms with van der Waals surface area (Å²) in [5.41, 5.74) is 2.34. The van der Waals surface area contributed by atoms with Crippen LogP contribution >= 0.6 is 23.4 Å². The van der Waals surface area contributed by atoms with Crippen molar-refractivity contribution in [2.75, 3.05) is 14.2 Å². The minimum atomic E-state index is -1.07. The number of carbonyl (C=O) groups is 1. The van der Waals surface area contributed by atoms with Crippen molar-refractivity contribution in [3.8, 4) is 28.6 Å². The van der Waals surface area contributed by atoms with E-state index in [-0.39, 0.29) is 4.91 Å². The van der Waals surface area contributed by atoms with Gasteiger partial charge in [0.05, 0.1) is 14.2 Å². The molecule has 10 heteroatoms. The van der Waals surface area contributed by atoms with Gasteiger partial charge in [0.25, 0.3) is 0 Å². The highest BCUT2D eigenvalue weighted by Crippen LogP contribution is 2.33. The molecule has 0 bridgehead atoms. The second-order valence-corrected chi connectivity index (χ2v) is 9.43. The van der Waals surface area contributed by atoms with Crippen molar-refractivity contribution in [1.29, 1.82) is 0 Å². The zero-order valence-electron chi connectivity index (χ0n) is 21.1. The van der Waals surface area contributed by atoms with Crippen LogP contribution in [0.2, 0.25) is 5.02 Å². The summed E-state index contributed by atoms with van der Waals surface area (Å²) in [4.78, 5) is 12.2. The van der Waals surface area contributed by atoms with Crippen LogP contribution in [-0.4, -0.2) is 40.1 Å². The molecule has 0 unspecified atom stereocenters. The Bertz CT molecular complexity index is 1430. The highest BCUT2D eigenvalue weighted by atomic mass is 35.5. The Morgan fingerprint density at radius 1 is 1.00 bits per heavy atom. The molecular formula is C28H26ClN3O5S. The van der Waals surface area contributed by atoms with Gasteiger partial charge in [-0.25, -0.2) is 4.79 Å². The normalized spacial score (nSPS) is 11.3. The van der Waals surface area contributed by atoms with E-state index in [2.05, 4.69) is 10.2 Å². The number of benzene rings is 3. The van der Waals surface area contributed by atoms with Crippen LogP contribution in [-0.2, 0) is 17.9 Å². The topological polar surface area (TPSA) is 95.7 Å². The first-order valence-corrected chi connectivity index (χ1v) is 12.9. The molecule has 0 amide bonds. The maximum Gasteiger partial charge on any atom is 0.342 e. The van der Waals surface area contributed by atoms with E-state index in [0.717, 1.165) is 22.9 Å². The van der Waals surface area contributed by atoms with Gasteiger partial charge in [-0.15, -0.1) is 10.2 Å². The molecule has 4 aromatic rings. The number of hydrogen-bond donors (Lipinski definition) is 1. The fourth-order valence-corrected chi connectivity index (χ4v) is 4.70. The Labute approximate surface area is 229 Å². The molecule has 196 valence electrons. The summed E-state index contributed by atoms with van der Waals surface area (Å²) < 4.78 is 18.4. The van der Waals surface area contributed by atoms with Gasteiger partial charge >= 0.3 is 5.97 Å². The zero-order chi connectivity index (χ0) is 27.1. The number of hydrogen-bond acceptors (Lipinski definition) is 7. The number of carboxylic acids is 1. The van der Waals surface area contributed by atoms with E-state index in [1.807, 2.05) is 47.9 Å². The monoisotopic (exact) mass is 551 g/mol. The molecule has 0 atom stereocenters. The second kappa shape index (κ2) is 12.5. The summed E-state index contributed by atoms with van der Waals surface area (Å²) in [6.07, 6.45) is 1.59. The molecule has 38 heavy (non-hydrogen) atoms. The van der Waals surface area contributed by atoms with Gasteiger partial charge in [-0.1, -0.05) is 41.9 Å². The molecule has 0 aliphatic rings. The van der Waals surface area contributed by atoms with E-state index < -0.39 is 5.97 Å². The van der Waals surface area contributed by atoms with E-state index in [1.165, 1.54) is 0 Å². The van der Waals surface area contributed by atoms with Crippen LogP contribution in [0.5, 0.6) is 17.2 Å². The molecule has 1 aromatic heterocycles. The summed E-state index contributed by atoms with van der Waals surface area (Å²) in [7, 11) is 3.15. The highest BCUT2D eigenvalue weighted by Gasteiger charge is 2.19. The van der Waals surface area contributed by atoms with Crippen molar-refractivity contribution in [3.63, 3.8) is 0 Å². The largest absolute Gasteiger partial charge is 0.497 e. The zero-order valence-corrected chi connectivity index (χ0v) is 22.6. The van der Waals surface area contributed by atoms with Gasteiger partial charge in [-0.05, 0) is 60.7 Å². The van der Waals surface area contributed by atoms with E-state index >= 15 is 0 Å². The van der Waals surface area contributed by atoms with E-state index in [4.69, 9.17) is 25.8 Å². The molecule has 0 radical (unpaired) electrons. The lowest BCUT2D eigenvalue weighted by atomic mass is 10.2. The molecule has 8 nitrogen and oxygen atoms in total. The summed E-state index contributed by atoms with van der Waals surface area (Å²) in [6.45, 7) is 2.81. The number of rotatable bonds is 11. The van der Waals surface area contributed by atoms with Gasteiger partial charge in [0.15, 0.2) is 11.0 Å². The second-order valence-electron chi connectivity index (χ2n) is 8.02. The first kappa shape index (κ1) is 27.1. The number of methoxy groups -OCH3 is 2. The fraction of sp³-hybridized carbons (Fsp3) is 0.179. The first-order chi connectivity index (χ1) is 18.4. The lowest BCUT2D eigenvalue weighted by Gasteiger charge is -2.10. The summed E-state index contributed by atoms with van der Waals surface area (Å²) in [5.74, 6) is 1.39. The number of ether oxygens (including phenoxy) is 3. The molecule has 3 aromatic carbocycles. The molecular weight excluding hydrogens is 526 g/mol. The third kappa shape index (κ3) is 6.48. The number of aromatic nitrogens is 3. The van der Waals surface area contributed by atoms with Crippen molar-refractivity contribution in [1.82, 2.24) is 14.8 Å². The lowest BCUT2D eigenvalue weighted by molar-refractivity contribution is -0.131. The van der Waals surface area contributed by atoms with Crippen LogP contribution in [0.1, 0.15) is 18.1 Å². The predicted molar refractivity (Wildman–Crippen MR) is 148 cm³/mol. The van der Waals surface area contributed by atoms with Crippen LogP contribution in [0.4, 0.5) is 0 Å². The number of carboxylic acid groups (broad SMARTS) is 1. The van der Waals surface area contributed by atoms with Crippen molar-refractivity contribution >= 4 is 35.4 Å². The molecule has 0 saturated carbocycles. The van der Waals surface area contributed by atoms with Crippen molar-refractivity contribution in [2.24, 2.45) is 0 Å². The minimum Gasteiger partial charge on any atom is -0.497 e. The Balaban J connectivity index is 1.54. The third-order valence-corrected chi connectivity index (χ3v) is 6.95. The van der Waals surface area contributed by atoms with Crippen LogP contribution in [0.3, 0.4) is 0 Å². The molecule has 0 aliphatic heterocycles. The third-order valence-electron chi connectivity index (χ3n) is 5.58. The van der Waals surface area contributed by atoms with Gasteiger partial charge < -0.3 is 23.9 Å². The fourth-order valence-electron chi connectivity index (χ4n) is 3.62. The SMILES string of the molecule is CCn1c(S/C(=C\c2ccc(OCc3ccccc3Cl)cc2)C(=O)O)nnc1-c1cc(OC)cc(OC)c1. The molecule has 0 saturated heterocycles. The Kier molecular flexibility index (Phi) is 8.93. The van der Waals surface area contributed by atoms with Crippen molar-refractivity contribution in [3.05, 3.63) is 87.8 Å². The Hall–Kier alpha value is -3.95. The van der Waals surface area contributed by atoms with Gasteiger partial charge in [0, 0.05) is 28.8 Å². The maximum absolute atomic E-state index is 12.1. The Morgan fingerprint density at radius 2 is 1.68 bits per heavy atom. The first-order valence-electron chi connectivity index (χ1n) is 11.7. The molecule has 1 heterocycles. The molecule has 1 N–H and O–H groups in total. The summed E-state index contributed by atoms with van der Waals surface area (Å²) in [6, 6.07) is 20.1. The standard InChI is InChI=1S/C28H26ClN3O5S/c1-4-32-26(20-14-22(35-2)16-23(15-20)36-3)30-31-28(32)38-25(27(33)34)13-18-9-11-21(12-10-18)37-17-19-7-5-6-8-24(19)29/h5-16H,4,17H2,1-3H3,(H,33,34)/b25-13-. The molecule has 4 rings (SSSR count). The van der Waals surface area contributed by atoms with Gasteiger partial charge in [0.2, 0.25) is 0 Å². The lowest BCUT2D eigenvalue weighted by Crippen LogP contribution is -2.03. The number of thioether (sulfide) groups is 1. The van der Waals surface area contributed by atoms with E-state index in [0.29, 0.717) is 52.0 Å². The van der Waals surface area contributed by atoms with Crippen LogP contribution in [0, 0.1) is 0 Å². The number of halogens is 1. The quantitative estimate of drug-likeness (QED) is 0.168. The smallest absolute Gasteiger partial charge is 0.342 e. The average molecular weight is 552 g/mol. The van der Waals surface area contributed by atoms with Gasteiger partial charge in [-0.2, -0.15) is 0 Å². The van der Waals surface area contributed by atoms with Crippen LogP contribution in [0.25, 0.3) is 17.5 Å². The van der Waals surface area contributed by atoms with Gasteiger partial charge in [-0.3, -0.25) is 0 Å². The predicted octanol–water partition coefficient (Wildman–Crippen LogP) is 6.43. The molecule has 0 aliphatic carbocycles. The van der Waals surface area contributed by atoms with Crippen LogP contribution in [0.15, 0.2) is 76.8 Å². The summed E-state index contributed by atoms with van der Waals surface area (Å²) in [5, 5.41) is 19.6. The molecule has 0 fully saturated rings. The average Bonchev–Trinajstić information content (AvgIpc) is 3.35. The van der Waals surface area contributed by atoms with Crippen molar-refractivity contribution in [2.45, 2.75) is 25.2 Å². The highest BCUT2D eigenvalue weighted by molar-refractivity contribution is 8.04. The van der Waals surface area contributed by atoms with Gasteiger partial charge in [0.1, 0.15) is 28.8 Å².